The number of nitrogens with zero attached hydrogens (tertiary/aromatic N) is 2. The zero-order valence-electron chi connectivity index (χ0n) is 17.5. The molecule has 35 heavy (non-hydrogen) atoms. The third kappa shape index (κ3) is 4.96. The van der Waals surface area contributed by atoms with Gasteiger partial charge in [-0.3, -0.25) is 25.0 Å². The zero-order chi connectivity index (χ0) is 25.1. The Morgan fingerprint density at radius 2 is 1.60 bits per heavy atom. The fraction of sp³-hybridized carbons (Fsp3) is 0.0909. The standard InChI is InChI=1S/C22H14ClN3O9/c23-15-7-6-13(8-17(15)26(31)32)24-21(27)20(12-4-2-1-3-5-12)35-22(28)14-9-18-19(34-11-33-18)10-16(14)25(29)30/h1-10,20H,11H2,(H,24,27). The van der Waals surface area contributed by atoms with Crippen molar-refractivity contribution in [1.82, 2.24) is 0 Å². The molecule has 12 nitrogen and oxygen atoms in total. The van der Waals surface area contributed by atoms with Gasteiger partial charge in [0.1, 0.15) is 10.6 Å². The summed E-state index contributed by atoms with van der Waals surface area (Å²) in [5.74, 6) is -1.82. The smallest absolute Gasteiger partial charge is 0.346 e. The molecule has 178 valence electrons. The molecule has 0 saturated heterocycles. The third-order valence-corrected chi connectivity index (χ3v) is 5.20. The lowest BCUT2D eigenvalue weighted by Crippen LogP contribution is -2.26. The number of anilines is 1. The number of esters is 1. The fourth-order valence-electron chi connectivity index (χ4n) is 3.26. The van der Waals surface area contributed by atoms with E-state index in [0.717, 1.165) is 18.2 Å². The van der Waals surface area contributed by atoms with Crippen molar-refractivity contribution in [2.45, 2.75) is 6.10 Å². The Balaban J connectivity index is 1.65. The quantitative estimate of drug-likeness (QED) is 0.282. The van der Waals surface area contributed by atoms with Crippen LogP contribution < -0.4 is 14.8 Å². The summed E-state index contributed by atoms with van der Waals surface area (Å²) >= 11 is 5.81. The predicted octanol–water partition coefficient (Wildman–Crippen LogP) is 4.42. The van der Waals surface area contributed by atoms with E-state index in [1.165, 1.54) is 24.3 Å². The van der Waals surface area contributed by atoms with Gasteiger partial charge in [0.15, 0.2) is 11.5 Å². The second kappa shape index (κ2) is 9.65. The summed E-state index contributed by atoms with van der Waals surface area (Å²) in [6.07, 6.45) is -1.55. The summed E-state index contributed by atoms with van der Waals surface area (Å²) in [7, 11) is 0. The Labute approximate surface area is 201 Å². The molecule has 1 heterocycles. The van der Waals surface area contributed by atoms with Gasteiger partial charge in [-0.15, -0.1) is 0 Å². The Morgan fingerprint density at radius 3 is 2.26 bits per heavy atom. The highest BCUT2D eigenvalue weighted by molar-refractivity contribution is 6.32. The monoisotopic (exact) mass is 499 g/mol. The van der Waals surface area contributed by atoms with Crippen LogP contribution in [0.15, 0.2) is 60.7 Å². The van der Waals surface area contributed by atoms with Crippen molar-refractivity contribution in [3.63, 3.8) is 0 Å². The van der Waals surface area contributed by atoms with Crippen molar-refractivity contribution in [1.29, 1.82) is 0 Å². The normalized spacial score (nSPS) is 12.5. The summed E-state index contributed by atoms with van der Waals surface area (Å²) in [5, 5.41) is 25.0. The van der Waals surface area contributed by atoms with E-state index in [9.17, 15) is 29.8 Å². The molecule has 3 aromatic rings. The van der Waals surface area contributed by atoms with Crippen LogP contribution in [0.4, 0.5) is 17.1 Å². The number of ether oxygens (including phenoxy) is 3. The Kier molecular flexibility index (Phi) is 6.46. The first-order valence-corrected chi connectivity index (χ1v) is 10.2. The van der Waals surface area contributed by atoms with E-state index in [1.807, 2.05) is 0 Å². The minimum atomic E-state index is -1.55. The van der Waals surface area contributed by atoms with Gasteiger partial charge < -0.3 is 19.5 Å². The van der Waals surface area contributed by atoms with E-state index in [-0.39, 0.29) is 34.6 Å². The van der Waals surface area contributed by atoms with Gasteiger partial charge in [0, 0.05) is 23.4 Å². The van der Waals surface area contributed by atoms with Crippen molar-refractivity contribution in [3.8, 4) is 11.5 Å². The van der Waals surface area contributed by atoms with Crippen LogP contribution in [0.3, 0.4) is 0 Å². The van der Waals surface area contributed by atoms with Gasteiger partial charge in [-0.1, -0.05) is 41.9 Å². The van der Waals surface area contributed by atoms with E-state index in [4.69, 9.17) is 25.8 Å². The molecule has 0 saturated carbocycles. The molecule has 4 rings (SSSR count). The number of amides is 1. The second-order valence-corrected chi connectivity index (χ2v) is 7.50. The SMILES string of the molecule is O=C(OC(C(=O)Nc1ccc(Cl)c([N+](=O)[O-])c1)c1ccccc1)c1cc2c(cc1[N+](=O)[O-])OCO2. The largest absolute Gasteiger partial charge is 0.454 e. The number of benzene rings is 3. The van der Waals surface area contributed by atoms with E-state index in [1.54, 1.807) is 18.2 Å². The predicted molar refractivity (Wildman–Crippen MR) is 121 cm³/mol. The van der Waals surface area contributed by atoms with Gasteiger partial charge in [0.25, 0.3) is 17.3 Å². The lowest BCUT2D eigenvalue weighted by atomic mass is 10.1. The van der Waals surface area contributed by atoms with E-state index in [2.05, 4.69) is 5.32 Å². The van der Waals surface area contributed by atoms with Gasteiger partial charge in [0.05, 0.1) is 15.9 Å². The van der Waals surface area contributed by atoms with Gasteiger partial charge in [-0.25, -0.2) is 4.79 Å². The van der Waals surface area contributed by atoms with Crippen molar-refractivity contribution >= 4 is 40.5 Å². The number of nitro benzene ring substituents is 2. The first-order chi connectivity index (χ1) is 16.7. The highest BCUT2D eigenvalue weighted by Gasteiger charge is 2.32. The first kappa shape index (κ1) is 23.4. The molecule has 0 aromatic heterocycles. The number of carbonyl (C=O) groups is 2. The average Bonchev–Trinajstić information content (AvgIpc) is 3.30. The van der Waals surface area contributed by atoms with Crippen molar-refractivity contribution < 1.29 is 33.6 Å². The summed E-state index contributed by atoms with van der Waals surface area (Å²) < 4.78 is 15.7. The number of rotatable bonds is 7. The van der Waals surface area contributed by atoms with E-state index < -0.39 is 44.8 Å². The molecule has 1 atom stereocenters. The highest BCUT2D eigenvalue weighted by Crippen LogP contribution is 2.39. The van der Waals surface area contributed by atoms with Crippen molar-refractivity contribution in [2.75, 3.05) is 12.1 Å². The maximum absolute atomic E-state index is 13.1. The zero-order valence-corrected chi connectivity index (χ0v) is 18.3. The lowest BCUT2D eigenvalue weighted by molar-refractivity contribution is -0.385. The minimum absolute atomic E-state index is 0.0251. The molecule has 0 radical (unpaired) electrons. The highest BCUT2D eigenvalue weighted by atomic mass is 35.5. The van der Waals surface area contributed by atoms with E-state index >= 15 is 0 Å². The summed E-state index contributed by atoms with van der Waals surface area (Å²) in [5.41, 5.74) is -1.20. The number of halogens is 1. The molecule has 1 N–H and O–H groups in total. The van der Waals surface area contributed by atoms with Crippen molar-refractivity contribution in [2.24, 2.45) is 0 Å². The Bertz CT molecular complexity index is 1350. The molecule has 1 aliphatic rings. The number of nitrogens with one attached hydrogen (secondary N) is 1. The van der Waals surface area contributed by atoms with Gasteiger partial charge in [0.2, 0.25) is 12.9 Å². The van der Waals surface area contributed by atoms with Crippen LogP contribution in [0.25, 0.3) is 0 Å². The molecule has 0 bridgehead atoms. The molecule has 0 spiro atoms. The number of hydrogen-bond donors (Lipinski definition) is 1. The van der Waals surface area contributed by atoms with Gasteiger partial charge >= 0.3 is 5.97 Å². The molecular formula is C22H14ClN3O9. The van der Waals surface area contributed by atoms with Crippen LogP contribution in [0, 0.1) is 20.2 Å². The van der Waals surface area contributed by atoms with Crippen LogP contribution in [0.5, 0.6) is 11.5 Å². The maximum atomic E-state index is 13.1. The summed E-state index contributed by atoms with van der Waals surface area (Å²) in [6, 6.07) is 13.6. The molecule has 1 aliphatic heterocycles. The van der Waals surface area contributed by atoms with E-state index in [0.29, 0.717) is 0 Å². The molecule has 0 fully saturated rings. The maximum Gasteiger partial charge on any atom is 0.346 e. The topological polar surface area (TPSA) is 160 Å². The Morgan fingerprint density at radius 1 is 0.943 bits per heavy atom. The van der Waals surface area contributed by atoms with Crippen LogP contribution in [0.2, 0.25) is 5.02 Å². The minimum Gasteiger partial charge on any atom is -0.454 e. The Hall–Kier alpha value is -4.71. The summed E-state index contributed by atoms with van der Waals surface area (Å²) in [6.45, 7) is -0.173. The van der Waals surface area contributed by atoms with Crippen LogP contribution in [0.1, 0.15) is 22.0 Å². The first-order valence-electron chi connectivity index (χ1n) is 9.83. The van der Waals surface area contributed by atoms with Crippen molar-refractivity contribution in [3.05, 3.63) is 97.0 Å². The van der Waals surface area contributed by atoms with Gasteiger partial charge in [-0.2, -0.15) is 0 Å². The van der Waals surface area contributed by atoms with Gasteiger partial charge in [-0.05, 0) is 12.1 Å². The average molecular weight is 500 g/mol. The third-order valence-electron chi connectivity index (χ3n) is 4.88. The fourth-order valence-corrected chi connectivity index (χ4v) is 3.44. The molecule has 1 amide bonds. The lowest BCUT2D eigenvalue weighted by Gasteiger charge is -2.18. The number of hydrogen-bond acceptors (Lipinski definition) is 9. The van der Waals surface area contributed by atoms with Crippen LogP contribution in [-0.2, 0) is 9.53 Å². The molecular weight excluding hydrogens is 486 g/mol. The van der Waals surface area contributed by atoms with Crippen LogP contribution in [-0.4, -0.2) is 28.5 Å². The molecule has 3 aromatic carbocycles. The molecule has 0 aliphatic carbocycles. The number of fused-ring (bicyclic) bond motifs is 1. The second-order valence-electron chi connectivity index (χ2n) is 7.09. The molecule has 1 unspecified atom stereocenters. The number of nitro groups is 2. The summed E-state index contributed by atoms with van der Waals surface area (Å²) in [4.78, 5) is 47.2. The molecule has 13 heteroatoms. The number of carbonyl (C=O) groups excluding carboxylic acids is 2. The van der Waals surface area contributed by atoms with Crippen LogP contribution >= 0.6 is 11.6 Å².